The second kappa shape index (κ2) is 8.46. The van der Waals surface area contributed by atoms with E-state index < -0.39 is 17.3 Å². The number of thioether (sulfide) groups is 1. The molecule has 0 aliphatic carbocycles. The van der Waals surface area contributed by atoms with Gasteiger partial charge in [-0.05, 0) is 38.5 Å². The smallest absolute Gasteiger partial charge is 0.339 e. The maximum Gasteiger partial charge on any atom is 0.339 e. The van der Waals surface area contributed by atoms with E-state index in [1.807, 2.05) is 18.2 Å². The van der Waals surface area contributed by atoms with Crippen LogP contribution in [0.1, 0.15) is 51.0 Å². The molecular formula is C21H21N3O6S. The van der Waals surface area contributed by atoms with E-state index in [4.69, 9.17) is 18.6 Å². The minimum atomic E-state index is -0.529. The van der Waals surface area contributed by atoms with Gasteiger partial charge in [0.05, 0.1) is 23.6 Å². The van der Waals surface area contributed by atoms with Crippen LogP contribution < -0.4 is 9.47 Å². The molecule has 2 atom stereocenters. The molecule has 2 aromatic heterocycles. The van der Waals surface area contributed by atoms with Crippen molar-refractivity contribution in [2.45, 2.75) is 37.3 Å². The van der Waals surface area contributed by atoms with Gasteiger partial charge in [-0.3, -0.25) is 4.79 Å². The van der Waals surface area contributed by atoms with Crippen molar-refractivity contribution in [2.75, 3.05) is 13.7 Å². The molecule has 1 aliphatic rings. The summed E-state index contributed by atoms with van der Waals surface area (Å²) in [6.07, 6.45) is -0.529. The summed E-state index contributed by atoms with van der Waals surface area (Å²) in [6, 6.07) is 7.34. The first-order valence-corrected chi connectivity index (χ1v) is 10.5. The minimum Gasteiger partial charge on any atom is -0.485 e. The summed E-state index contributed by atoms with van der Waals surface area (Å²) < 4.78 is 22.1. The Labute approximate surface area is 182 Å². The molecule has 0 spiro atoms. The first-order chi connectivity index (χ1) is 14.9. The SMILES string of the molecule is COC(=O)c1c(C)[nH]c(C(=O)[C@H](C)Sc2nnc([C@H]3COc4ccccc4O3)o2)c1C. The van der Waals surface area contributed by atoms with E-state index in [-0.39, 0.29) is 23.5 Å². The van der Waals surface area contributed by atoms with Crippen molar-refractivity contribution in [3.8, 4) is 11.5 Å². The Bertz CT molecular complexity index is 1140. The summed E-state index contributed by atoms with van der Waals surface area (Å²) >= 11 is 1.13. The number of hydrogen-bond donors (Lipinski definition) is 1. The Balaban J connectivity index is 1.46. The number of nitrogens with zero attached hydrogens (tertiary/aromatic N) is 2. The van der Waals surface area contributed by atoms with Crippen molar-refractivity contribution in [3.63, 3.8) is 0 Å². The van der Waals surface area contributed by atoms with E-state index in [2.05, 4.69) is 15.2 Å². The van der Waals surface area contributed by atoms with Gasteiger partial charge in [0.1, 0.15) is 6.61 Å². The number of ether oxygens (including phenoxy) is 3. The predicted molar refractivity (Wildman–Crippen MR) is 111 cm³/mol. The largest absolute Gasteiger partial charge is 0.485 e. The quantitative estimate of drug-likeness (QED) is 0.346. The van der Waals surface area contributed by atoms with Gasteiger partial charge in [-0.1, -0.05) is 23.9 Å². The number of H-pyrrole nitrogens is 1. The maximum absolute atomic E-state index is 13.0. The molecule has 162 valence electrons. The summed E-state index contributed by atoms with van der Waals surface area (Å²) in [4.78, 5) is 27.9. The topological polar surface area (TPSA) is 117 Å². The van der Waals surface area contributed by atoms with Crippen molar-refractivity contribution in [3.05, 3.63) is 52.7 Å². The number of rotatable bonds is 6. The number of ketones is 1. The number of fused-ring (bicyclic) bond motifs is 1. The van der Waals surface area contributed by atoms with E-state index in [0.717, 1.165) is 11.8 Å². The molecule has 9 nitrogen and oxygen atoms in total. The van der Waals surface area contributed by atoms with Crippen LogP contribution in [-0.2, 0) is 4.74 Å². The standard InChI is InChI=1S/C21H21N3O6S/c1-10-16(20(26)27-4)11(2)22-17(10)18(25)12(3)31-21-24-23-19(30-21)15-9-28-13-7-5-6-8-14(13)29-15/h5-8,12,15,22H,9H2,1-4H3/t12-,15+/m0/s1. The number of aromatic amines is 1. The van der Waals surface area contributed by atoms with Crippen molar-refractivity contribution >= 4 is 23.5 Å². The molecule has 1 N–H and O–H groups in total. The molecule has 10 heteroatoms. The third kappa shape index (κ3) is 4.02. The number of esters is 1. The number of Topliss-reactive ketones (excluding diaryl/α,β-unsaturated/α-hetero) is 1. The summed E-state index contributed by atoms with van der Waals surface area (Å²) in [5.41, 5.74) is 1.87. The number of aromatic nitrogens is 3. The molecular weight excluding hydrogens is 422 g/mol. The van der Waals surface area contributed by atoms with Crippen LogP contribution in [0.2, 0.25) is 0 Å². The summed E-state index contributed by atoms with van der Waals surface area (Å²) in [6.45, 7) is 5.42. The molecule has 0 fully saturated rings. The fourth-order valence-electron chi connectivity index (χ4n) is 3.35. The van der Waals surface area contributed by atoms with Crippen LogP contribution in [0.3, 0.4) is 0 Å². The third-order valence-electron chi connectivity index (χ3n) is 4.93. The molecule has 0 saturated heterocycles. The molecule has 0 radical (unpaired) electrons. The molecule has 3 aromatic rings. The molecule has 1 aliphatic heterocycles. The van der Waals surface area contributed by atoms with Crippen molar-refractivity contribution in [1.82, 2.24) is 15.2 Å². The third-order valence-corrected chi connectivity index (χ3v) is 5.86. The van der Waals surface area contributed by atoms with Gasteiger partial charge in [0, 0.05) is 5.69 Å². The zero-order valence-corrected chi connectivity index (χ0v) is 18.2. The van der Waals surface area contributed by atoms with Gasteiger partial charge < -0.3 is 23.6 Å². The van der Waals surface area contributed by atoms with Gasteiger partial charge in [0.15, 0.2) is 17.3 Å². The molecule has 0 saturated carbocycles. The van der Waals surface area contributed by atoms with Gasteiger partial charge in [-0.25, -0.2) is 4.79 Å². The number of aryl methyl sites for hydroxylation is 1. The average molecular weight is 443 g/mol. The number of para-hydroxylation sites is 2. The van der Waals surface area contributed by atoms with Crippen LogP contribution in [0, 0.1) is 13.8 Å². The lowest BCUT2D eigenvalue weighted by atomic mass is 10.1. The minimum absolute atomic E-state index is 0.188. The van der Waals surface area contributed by atoms with Crippen LogP contribution in [0.5, 0.6) is 11.5 Å². The Morgan fingerprint density at radius 2 is 1.97 bits per heavy atom. The van der Waals surface area contributed by atoms with Crippen molar-refractivity contribution in [1.29, 1.82) is 0 Å². The molecule has 0 amide bonds. The highest BCUT2D eigenvalue weighted by molar-refractivity contribution is 8.00. The summed E-state index contributed by atoms with van der Waals surface area (Å²) in [5.74, 6) is 0.871. The summed E-state index contributed by atoms with van der Waals surface area (Å²) in [7, 11) is 1.31. The highest BCUT2D eigenvalue weighted by Crippen LogP contribution is 2.36. The zero-order chi connectivity index (χ0) is 22.1. The van der Waals surface area contributed by atoms with E-state index >= 15 is 0 Å². The first-order valence-electron chi connectivity index (χ1n) is 9.59. The Hall–Kier alpha value is -3.27. The lowest BCUT2D eigenvalue weighted by molar-refractivity contribution is 0.0599. The predicted octanol–water partition coefficient (Wildman–Crippen LogP) is 3.68. The number of methoxy groups -OCH3 is 1. The lowest BCUT2D eigenvalue weighted by Crippen LogP contribution is -2.21. The van der Waals surface area contributed by atoms with Crippen molar-refractivity contribution < 1.29 is 28.2 Å². The first kappa shape index (κ1) is 21.0. The number of carbonyl (C=O) groups is 2. The second-order valence-electron chi connectivity index (χ2n) is 7.01. The van der Waals surface area contributed by atoms with E-state index in [1.165, 1.54) is 7.11 Å². The number of nitrogens with one attached hydrogen (secondary N) is 1. The maximum atomic E-state index is 13.0. The number of benzene rings is 1. The van der Waals surface area contributed by atoms with Gasteiger partial charge in [-0.2, -0.15) is 0 Å². The number of carbonyl (C=O) groups excluding carboxylic acids is 2. The van der Waals surface area contributed by atoms with Gasteiger partial charge in [0.25, 0.3) is 11.1 Å². The fourth-order valence-corrected chi connectivity index (χ4v) is 4.10. The van der Waals surface area contributed by atoms with Crippen LogP contribution in [0.25, 0.3) is 0 Å². The van der Waals surface area contributed by atoms with Crippen LogP contribution in [0.15, 0.2) is 33.9 Å². The highest BCUT2D eigenvalue weighted by Gasteiger charge is 2.30. The monoisotopic (exact) mass is 443 g/mol. The molecule has 1 aromatic carbocycles. The second-order valence-corrected chi connectivity index (χ2v) is 8.30. The van der Waals surface area contributed by atoms with Crippen LogP contribution in [-0.4, -0.2) is 45.9 Å². The average Bonchev–Trinajstić information content (AvgIpc) is 3.36. The van der Waals surface area contributed by atoms with E-state index in [1.54, 1.807) is 26.8 Å². The lowest BCUT2D eigenvalue weighted by Gasteiger charge is -2.23. The molecule has 0 bridgehead atoms. The molecule has 3 heterocycles. The fraction of sp³-hybridized carbons (Fsp3) is 0.333. The van der Waals surface area contributed by atoms with Crippen LogP contribution in [0.4, 0.5) is 0 Å². The Morgan fingerprint density at radius 1 is 1.23 bits per heavy atom. The zero-order valence-electron chi connectivity index (χ0n) is 17.4. The molecule has 31 heavy (non-hydrogen) atoms. The van der Waals surface area contributed by atoms with E-state index in [0.29, 0.717) is 34.0 Å². The van der Waals surface area contributed by atoms with Gasteiger partial charge in [0.2, 0.25) is 6.10 Å². The Kier molecular flexibility index (Phi) is 5.73. The normalized spacial score (nSPS) is 16.1. The summed E-state index contributed by atoms with van der Waals surface area (Å²) in [5, 5.41) is 7.78. The van der Waals surface area contributed by atoms with Gasteiger partial charge in [-0.15, -0.1) is 10.2 Å². The van der Waals surface area contributed by atoms with E-state index in [9.17, 15) is 9.59 Å². The van der Waals surface area contributed by atoms with Crippen LogP contribution >= 0.6 is 11.8 Å². The van der Waals surface area contributed by atoms with Gasteiger partial charge >= 0.3 is 5.97 Å². The molecule has 4 rings (SSSR count). The highest BCUT2D eigenvalue weighted by atomic mass is 32.2. The molecule has 0 unspecified atom stereocenters. The Morgan fingerprint density at radius 3 is 2.71 bits per heavy atom. The van der Waals surface area contributed by atoms with Crippen molar-refractivity contribution in [2.24, 2.45) is 0 Å². The number of hydrogen-bond acceptors (Lipinski definition) is 9.